The fraction of sp³-hybridized carbons (Fsp3) is 0.538. The maximum absolute atomic E-state index is 9.68. The van der Waals surface area contributed by atoms with Crippen molar-refractivity contribution in [2.45, 2.75) is 37.1 Å². The second-order valence-corrected chi connectivity index (χ2v) is 5.22. The first-order chi connectivity index (χ1) is 7.66. The largest absolute Gasteiger partial charge is 0.395 e. The summed E-state index contributed by atoms with van der Waals surface area (Å²) in [5.74, 6) is 0. The normalized spacial score (nSPS) is 30.3. The van der Waals surface area contributed by atoms with Crippen molar-refractivity contribution < 1.29 is 5.11 Å². The Morgan fingerprint density at radius 2 is 1.81 bits per heavy atom. The topological polar surface area (TPSA) is 46.2 Å². The lowest BCUT2D eigenvalue weighted by molar-refractivity contribution is 0.145. The Morgan fingerprint density at radius 1 is 1.25 bits per heavy atom. The lowest BCUT2D eigenvalue weighted by atomic mass is 9.69. The van der Waals surface area contributed by atoms with E-state index in [0.717, 1.165) is 30.7 Å². The molecular weight excluding hydrogens is 222 g/mol. The van der Waals surface area contributed by atoms with Gasteiger partial charge in [0, 0.05) is 16.5 Å². The Balaban J connectivity index is 2.24. The summed E-state index contributed by atoms with van der Waals surface area (Å²) in [6.45, 7) is 0.196. The summed E-state index contributed by atoms with van der Waals surface area (Å²) in [6, 6.07) is 8.13. The molecule has 0 aliphatic heterocycles. The van der Waals surface area contributed by atoms with Crippen LogP contribution < -0.4 is 5.73 Å². The molecule has 0 amide bonds. The van der Waals surface area contributed by atoms with Gasteiger partial charge in [0.05, 0.1) is 6.61 Å². The fourth-order valence-electron chi connectivity index (χ4n) is 2.53. The van der Waals surface area contributed by atoms with Crippen LogP contribution in [0.3, 0.4) is 0 Å². The summed E-state index contributed by atoms with van der Waals surface area (Å²) in [7, 11) is 0. The number of nitrogens with two attached hydrogens (primary N) is 1. The summed E-state index contributed by atoms with van der Waals surface area (Å²) in [5, 5.41) is 10.4. The molecule has 0 aromatic heterocycles. The number of halogens is 1. The Labute approximate surface area is 101 Å². The highest BCUT2D eigenvalue weighted by Gasteiger charge is 2.35. The molecule has 2 nitrogen and oxygen atoms in total. The van der Waals surface area contributed by atoms with Crippen molar-refractivity contribution in [2.24, 2.45) is 5.73 Å². The Kier molecular flexibility index (Phi) is 3.53. The van der Waals surface area contributed by atoms with Gasteiger partial charge in [0.25, 0.3) is 0 Å². The van der Waals surface area contributed by atoms with Crippen LogP contribution in [-0.4, -0.2) is 17.8 Å². The van der Waals surface area contributed by atoms with E-state index in [1.165, 1.54) is 5.56 Å². The van der Waals surface area contributed by atoms with Gasteiger partial charge in [0.1, 0.15) is 0 Å². The average molecular weight is 240 g/mol. The van der Waals surface area contributed by atoms with Gasteiger partial charge in [-0.25, -0.2) is 0 Å². The van der Waals surface area contributed by atoms with Crippen LogP contribution in [0.25, 0.3) is 0 Å². The minimum Gasteiger partial charge on any atom is -0.395 e. The van der Waals surface area contributed by atoms with Crippen LogP contribution in [0.15, 0.2) is 24.3 Å². The van der Waals surface area contributed by atoms with Crippen molar-refractivity contribution in [1.82, 2.24) is 0 Å². The predicted molar refractivity (Wildman–Crippen MR) is 66.7 cm³/mol. The van der Waals surface area contributed by atoms with Crippen molar-refractivity contribution in [3.05, 3.63) is 34.9 Å². The standard InChI is InChI=1S/C13H18ClNO/c14-11-3-1-10(2-4-11)13(9-16)7-5-12(15)6-8-13/h1-4,12,16H,5-9,15H2. The lowest BCUT2D eigenvalue weighted by Gasteiger charge is -2.38. The number of benzene rings is 1. The third kappa shape index (κ3) is 2.24. The van der Waals surface area contributed by atoms with Crippen molar-refractivity contribution in [1.29, 1.82) is 0 Å². The van der Waals surface area contributed by atoms with E-state index < -0.39 is 0 Å². The Hall–Kier alpha value is -0.570. The molecular formula is C13H18ClNO. The minimum absolute atomic E-state index is 0.0968. The molecule has 0 saturated heterocycles. The zero-order valence-electron chi connectivity index (χ0n) is 9.32. The van der Waals surface area contributed by atoms with E-state index in [9.17, 15) is 5.11 Å². The quantitative estimate of drug-likeness (QED) is 0.833. The molecule has 1 saturated carbocycles. The fourth-order valence-corrected chi connectivity index (χ4v) is 2.66. The minimum atomic E-state index is -0.0968. The number of aliphatic hydroxyl groups excluding tert-OH is 1. The third-order valence-corrected chi connectivity index (χ3v) is 4.00. The molecule has 1 aliphatic rings. The first-order valence-corrected chi connectivity index (χ1v) is 6.17. The van der Waals surface area contributed by atoms with Gasteiger partial charge in [-0.15, -0.1) is 0 Å². The molecule has 0 spiro atoms. The molecule has 0 heterocycles. The van der Waals surface area contributed by atoms with Gasteiger partial charge in [-0.2, -0.15) is 0 Å². The van der Waals surface area contributed by atoms with Crippen LogP contribution in [0.4, 0.5) is 0 Å². The second-order valence-electron chi connectivity index (χ2n) is 4.78. The molecule has 88 valence electrons. The zero-order chi connectivity index (χ0) is 11.6. The molecule has 3 heteroatoms. The van der Waals surface area contributed by atoms with Gasteiger partial charge in [-0.05, 0) is 43.4 Å². The lowest BCUT2D eigenvalue weighted by Crippen LogP contribution is -2.39. The molecule has 1 aromatic carbocycles. The maximum Gasteiger partial charge on any atom is 0.0527 e. The predicted octanol–water partition coefficient (Wildman–Crippen LogP) is 2.47. The molecule has 1 aromatic rings. The van der Waals surface area contributed by atoms with Crippen LogP contribution in [-0.2, 0) is 5.41 Å². The summed E-state index contributed by atoms with van der Waals surface area (Å²) in [6.07, 6.45) is 3.91. The van der Waals surface area contributed by atoms with E-state index in [1.54, 1.807) is 0 Å². The first-order valence-electron chi connectivity index (χ1n) is 5.79. The van der Waals surface area contributed by atoms with Crippen LogP contribution >= 0.6 is 11.6 Å². The van der Waals surface area contributed by atoms with Gasteiger partial charge >= 0.3 is 0 Å². The number of rotatable bonds is 2. The van der Waals surface area contributed by atoms with E-state index in [2.05, 4.69) is 0 Å². The summed E-state index contributed by atoms with van der Waals surface area (Å²) >= 11 is 5.88. The van der Waals surface area contributed by atoms with Gasteiger partial charge < -0.3 is 10.8 Å². The number of aliphatic hydroxyl groups is 1. The van der Waals surface area contributed by atoms with Crippen molar-refractivity contribution in [2.75, 3.05) is 6.61 Å². The van der Waals surface area contributed by atoms with E-state index in [4.69, 9.17) is 17.3 Å². The molecule has 0 atom stereocenters. The first kappa shape index (κ1) is 11.9. The zero-order valence-corrected chi connectivity index (χ0v) is 10.1. The summed E-state index contributed by atoms with van der Waals surface area (Å²) in [4.78, 5) is 0. The average Bonchev–Trinajstić information content (AvgIpc) is 2.32. The van der Waals surface area contributed by atoms with Gasteiger partial charge in [0.15, 0.2) is 0 Å². The molecule has 0 unspecified atom stereocenters. The van der Waals surface area contributed by atoms with Crippen molar-refractivity contribution in [3.63, 3.8) is 0 Å². The molecule has 1 fully saturated rings. The Bertz CT molecular complexity index is 341. The number of hydrogen-bond donors (Lipinski definition) is 2. The third-order valence-electron chi connectivity index (χ3n) is 3.75. The second kappa shape index (κ2) is 4.74. The van der Waals surface area contributed by atoms with Crippen LogP contribution in [0.5, 0.6) is 0 Å². The van der Waals surface area contributed by atoms with Crippen molar-refractivity contribution >= 4 is 11.6 Å². The molecule has 1 aliphatic carbocycles. The van der Waals surface area contributed by atoms with Crippen LogP contribution in [0, 0.1) is 0 Å². The molecule has 3 N–H and O–H groups in total. The highest BCUT2D eigenvalue weighted by Crippen LogP contribution is 2.38. The summed E-state index contributed by atoms with van der Waals surface area (Å²) in [5.41, 5.74) is 7.00. The smallest absolute Gasteiger partial charge is 0.0527 e. The van der Waals surface area contributed by atoms with Crippen LogP contribution in [0.1, 0.15) is 31.2 Å². The van der Waals surface area contributed by atoms with Crippen molar-refractivity contribution in [3.8, 4) is 0 Å². The molecule has 0 bridgehead atoms. The maximum atomic E-state index is 9.68. The van der Waals surface area contributed by atoms with Gasteiger partial charge in [-0.3, -0.25) is 0 Å². The molecule has 2 rings (SSSR count). The number of hydrogen-bond acceptors (Lipinski definition) is 2. The van der Waals surface area contributed by atoms with Gasteiger partial charge in [-0.1, -0.05) is 23.7 Å². The Morgan fingerprint density at radius 3 is 2.31 bits per heavy atom. The van der Waals surface area contributed by atoms with E-state index >= 15 is 0 Å². The van der Waals surface area contributed by atoms with Gasteiger partial charge in [0.2, 0.25) is 0 Å². The highest BCUT2D eigenvalue weighted by atomic mass is 35.5. The molecule has 16 heavy (non-hydrogen) atoms. The van der Waals surface area contributed by atoms with E-state index in [0.29, 0.717) is 6.04 Å². The SMILES string of the molecule is NC1CCC(CO)(c2ccc(Cl)cc2)CC1. The van der Waals surface area contributed by atoms with Crippen LogP contribution in [0.2, 0.25) is 5.02 Å². The van der Waals surface area contributed by atoms with E-state index in [-0.39, 0.29) is 12.0 Å². The monoisotopic (exact) mass is 239 g/mol. The molecule has 0 radical (unpaired) electrons. The highest BCUT2D eigenvalue weighted by molar-refractivity contribution is 6.30. The van der Waals surface area contributed by atoms with E-state index in [1.807, 2.05) is 24.3 Å². The summed E-state index contributed by atoms with van der Waals surface area (Å²) < 4.78 is 0.